The number of anilines is 1. The van der Waals surface area contributed by atoms with Crippen LogP contribution in [-0.4, -0.2) is 22.6 Å². The Bertz CT molecular complexity index is 1170. The summed E-state index contributed by atoms with van der Waals surface area (Å²) in [7, 11) is 0. The van der Waals surface area contributed by atoms with Crippen LogP contribution >= 0.6 is 23.6 Å². The van der Waals surface area contributed by atoms with Crippen LogP contribution in [0.5, 0.6) is 5.75 Å². The summed E-state index contributed by atoms with van der Waals surface area (Å²) in [5.41, 5.74) is 3.17. The van der Waals surface area contributed by atoms with E-state index < -0.39 is 0 Å². The summed E-state index contributed by atoms with van der Waals surface area (Å²) in [6, 6.07) is 22.7. The number of carbonyl (C=O) groups is 1. The van der Waals surface area contributed by atoms with Gasteiger partial charge < -0.3 is 10.1 Å². The van der Waals surface area contributed by atoms with Crippen molar-refractivity contribution in [3.63, 3.8) is 0 Å². The van der Waals surface area contributed by atoms with Gasteiger partial charge in [0.2, 0.25) is 0 Å². The molecule has 0 fully saturated rings. The molecule has 0 aliphatic heterocycles. The Labute approximate surface area is 183 Å². The molecule has 0 saturated heterocycles. The first-order chi connectivity index (χ1) is 14.6. The van der Waals surface area contributed by atoms with Crippen molar-refractivity contribution in [1.82, 2.24) is 10.3 Å². The van der Waals surface area contributed by atoms with Crippen molar-refractivity contribution in [3.05, 3.63) is 78.4 Å². The number of hydrogen-bond acceptors (Lipinski definition) is 5. The third kappa shape index (κ3) is 4.48. The van der Waals surface area contributed by atoms with E-state index in [9.17, 15) is 4.79 Å². The zero-order valence-corrected chi connectivity index (χ0v) is 17.8. The molecule has 0 atom stereocenters. The molecule has 150 valence electrons. The summed E-state index contributed by atoms with van der Waals surface area (Å²) in [6.07, 6.45) is 0. The molecule has 0 radical (unpaired) electrons. The molecule has 30 heavy (non-hydrogen) atoms. The average molecular weight is 434 g/mol. The van der Waals surface area contributed by atoms with E-state index in [1.807, 2.05) is 55.5 Å². The summed E-state index contributed by atoms with van der Waals surface area (Å²) in [5.74, 6) is 0.438. The zero-order valence-electron chi connectivity index (χ0n) is 16.2. The van der Waals surface area contributed by atoms with Crippen molar-refractivity contribution >= 4 is 50.5 Å². The van der Waals surface area contributed by atoms with Gasteiger partial charge >= 0.3 is 0 Å². The van der Waals surface area contributed by atoms with Crippen molar-refractivity contribution in [1.29, 1.82) is 0 Å². The Morgan fingerprint density at radius 2 is 1.77 bits per heavy atom. The molecular formula is C23H19N3O2S2. The molecule has 0 bridgehead atoms. The second-order valence-corrected chi connectivity index (χ2v) is 7.84. The second kappa shape index (κ2) is 9.02. The topological polar surface area (TPSA) is 63.2 Å². The summed E-state index contributed by atoms with van der Waals surface area (Å²) in [5, 5.41) is 6.97. The van der Waals surface area contributed by atoms with Gasteiger partial charge in [0.15, 0.2) is 5.11 Å². The lowest BCUT2D eigenvalue weighted by atomic mass is 10.2. The van der Waals surface area contributed by atoms with Crippen molar-refractivity contribution in [3.8, 4) is 16.3 Å². The van der Waals surface area contributed by atoms with Gasteiger partial charge in [0.05, 0.1) is 22.5 Å². The fourth-order valence-electron chi connectivity index (χ4n) is 2.96. The van der Waals surface area contributed by atoms with E-state index in [4.69, 9.17) is 21.9 Å². The fraction of sp³-hybridized carbons (Fsp3) is 0.0870. The van der Waals surface area contributed by atoms with Crippen LogP contribution in [0.15, 0.2) is 72.8 Å². The van der Waals surface area contributed by atoms with E-state index >= 15 is 0 Å². The number of amides is 1. The minimum Gasteiger partial charge on any atom is -0.494 e. The number of thiazole rings is 1. The van der Waals surface area contributed by atoms with E-state index in [0.717, 1.165) is 32.2 Å². The van der Waals surface area contributed by atoms with E-state index in [1.54, 1.807) is 35.6 Å². The lowest BCUT2D eigenvalue weighted by Crippen LogP contribution is -2.34. The largest absolute Gasteiger partial charge is 0.494 e. The number of ether oxygens (including phenoxy) is 1. The van der Waals surface area contributed by atoms with E-state index in [0.29, 0.717) is 12.2 Å². The lowest BCUT2D eigenvalue weighted by Gasteiger charge is -2.12. The number of para-hydroxylation sites is 2. The maximum atomic E-state index is 12.5. The molecule has 0 aliphatic carbocycles. The summed E-state index contributed by atoms with van der Waals surface area (Å²) in [4.78, 5) is 17.2. The van der Waals surface area contributed by atoms with Crippen molar-refractivity contribution < 1.29 is 9.53 Å². The molecule has 0 saturated carbocycles. The van der Waals surface area contributed by atoms with Gasteiger partial charge in [0, 0.05) is 11.1 Å². The highest BCUT2D eigenvalue weighted by Crippen LogP contribution is 2.34. The van der Waals surface area contributed by atoms with Crippen LogP contribution in [0.3, 0.4) is 0 Å². The van der Waals surface area contributed by atoms with Gasteiger partial charge in [0.1, 0.15) is 10.8 Å². The third-order valence-electron chi connectivity index (χ3n) is 4.35. The van der Waals surface area contributed by atoms with Crippen LogP contribution in [0, 0.1) is 0 Å². The molecule has 1 amide bonds. The smallest absolute Gasteiger partial charge is 0.257 e. The third-order valence-corrected chi connectivity index (χ3v) is 5.63. The molecule has 0 aliphatic rings. The standard InChI is InChI=1S/C23H19N3O2S2/c1-2-28-16-13-11-15(12-14-16)21(27)26-23(29)25-18-8-4-3-7-17(18)22-24-19-9-5-6-10-20(19)30-22/h3-14H,2H2,1H3,(H2,25,26,27,29). The molecule has 1 aromatic heterocycles. The van der Waals surface area contributed by atoms with Gasteiger partial charge in [-0.2, -0.15) is 0 Å². The minimum absolute atomic E-state index is 0.224. The molecule has 5 nitrogen and oxygen atoms in total. The van der Waals surface area contributed by atoms with Crippen LogP contribution in [0.2, 0.25) is 0 Å². The first-order valence-electron chi connectivity index (χ1n) is 9.44. The van der Waals surface area contributed by atoms with Crippen molar-refractivity contribution in [2.45, 2.75) is 6.92 Å². The highest BCUT2D eigenvalue weighted by molar-refractivity contribution is 7.80. The molecule has 3 aromatic carbocycles. The molecule has 2 N–H and O–H groups in total. The number of fused-ring (bicyclic) bond motifs is 1. The number of nitrogens with one attached hydrogen (secondary N) is 2. The molecule has 0 unspecified atom stereocenters. The number of hydrogen-bond donors (Lipinski definition) is 2. The van der Waals surface area contributed by atoms with Gasteiger partial charge in [-0.05, 0) is 67.7 Å². The predicted molar refractivity (Wildman–Crippen MR) is 126 cm³/mol. The predicted octanol–water partition coefficient (Wildman–Crippen LogP) is 5.49. The summed E-state index contributed by atoms with van der Waals surface area (Å²) in [6.45, 7) is 2.49. The van der Waals surface area contributed by atoms with E-state index in [1.165, 1.54) is 0 Å². The summed E-state index contributed by atoms with van der Waals surface area (Å²) < 4.78 is 6.52. The van der Waals surface area contributed by atoms with Gasteiger partial charge in [0.25, 0.3) is 5.91 Å². The number of rotatable bonds is 5. The molecule has 4 rings (SSSR count). The molecular weight excluding hydrogens is 414 g/mol. The maximum Gasteiger partial charge on any atom is 0.257 e. The number of nitrogens with zero attached hydrogens (tertiary/aromatic N) is 1. The fourth-order valence-corrected chi connectivity index (χ4v) is 4.17. The van der Waals surface area contributed by atoms with Crippen LogP contribution < -0.4 is 15.4 Å². The Morgan fingerprint density at radius 1 is 1.03 bits per heavy atom. The summed E-state index contributed by atoms with van der Waals surface area (Å²) >= 11 is 6.98. The highest BCUT2D eigenvalue weighted by atomic mass is 32.1. The van der Waals surface area contributed by atoms with E-state index in [2.05, 4.69) is 10.6 Å². The number of carbonyl (C=O) groups excluding carboxylic acids is 1. The lowest BCUT2D eigenvalue weighted by molar-refractivity contribution is 0.0977. The van der Waals surface area contributed by atoms with Gasteiger partial charge in [-0.15, -0.1) is 11.3 Å². The van der Waals surface area contributed by atoms with Crippen molar-refractivity contribution in [2.75, 3.05) is 11.9 Å². The molecule has 0 spiro atoms. The van der Waals surface area contributed by atoms with Crippen molar-refractivity contribution in [2.24, 2.45) is 0 Å². The molecule has 7 heteroatoms. The first kappa shape index (κ1) is 20.0. The number of benzene rings is 3. The maximum absolute atomic E-state index is 12.5. The van der Waals surface area contributed by atoms with Gasteiger partial charge in [-0.1, -0.05) is 24.3 Å². The number of aromatic nitrogens is 1. The monoisotopic (exact) mass is 433 g/mol. The molecule has 4 aromatic rings. The van der Waals surface area contributed by atoms with E-state index in [-0.39, 0.29) is 11.0 Å². The van der Waals surface area contributed by atoms with Gasteiger partial charge in [-0.3, -0.25) is 10.1 Å². The molecule has 1 heterocycles. The Hall–Kier alpha value is -3.29. The Balaban J connectivity index is 1.49. The SMILES string of the molecule is CCOc1ccc(C(=O)NC(=S)Nc2ccccc2-c2nc3ccccc3s2)cc1. The van der Waals surface area contributed by atoms with Crippen LogP contribution in [-0.2, 0) is 0 Å². The van der Waals surface area contributed by atoms with Crippen LogP contribution in [0.4, 0.5) is 5.69 Å². The normalized spacial score (nSPS) is 10.6. The Morgan fingerprint density at radius 3 is 2.53 bits per heavy atom. The highest BCUT2D eigenvalue weighted by Gasteiger charge is 2.13. The quantitative estimate of drug-likeness (QED) is 0.408. The first-order valence-corrected chi connectivity index (χ1v) is 10.7. The number of thiocarbonyl (C=S) groups is 1. The second-order valence-electron chi connectivity index (χ2n) is 6.40. The van der Waals surface area contributed by atoms with Crippen LogP contribution in [0.25, 0.3) is 20.8 Å². The van der Waals surface area contributed by atoms with Gasteiger partial charge in [-0.25, -0.2) is 4.98 Å². The minimum atomic E-state index is -0.284. The van der Waals surface area contributed by atoms with Crippen LogP contribution in [0.1, 0.15) is 17.3 Å². The average Bonchev–Trinajstić information content (AvgIpc) is 3.19. The zero-order chi connectivity index (χ0) is 20.9. The Kier molecular flexibility index (Phi) is 6.02.